The molecule has 0 fully saturated rings. The van der Waals surface area contributed by atoms with Crippen molar-refractivity contribution in [2.24, 2.45) is 0 Å². The summed E-state index contributed by atoms with van der Waals surface area (Å²) in [6.45, 7) is 0.849. The molecular weight excluding hydrogens is 435 g/mol. The molecule has 0 spiro atoms. The molecule has 0 saturated heterocycles. The van der Waals surface area contributed by atoms with Gasteiger partial charge in [-0.2, -0.15) is 4.72 Å². The van der Waals surface area contributed by atoms with Crippen LogP contribution in [0.2, 0.25) is 0 Å². The van der Waals surface area contributed by atoms with E-state index in [1.807, 2.05) is 6.07 Å². The molecule has 3 aromatic rings. The summed E-state index contributed by atoms with van der Waals surface area (Å²) < 4.78 is 52.4. The van der Waals surface area contributed by atoms with E-state index in [2.05, 4.69) is 10.0 Å². The summed E-state index contributed by atoms with van der Waals surface area (Å²) in [6, 6.07) is 17.3. The van der Waals surface area contributed by atoms with Crippen molar-refractivity contribution in [3.8, 4) is 11.5 Å². The third kappa shape index (κ3) is 5.24. The fourth-order valence-corrected chi connectivity index (χ4v) is 4.45. The van der Waals surface area contributed by atoms with Gasteiger partial charge in [0.15, 0.2) is 11.5 Å². The van der Waals surface area contributed by atoms with Gasteiger partial charge in [-0.25, -0.2) is 12.8 Å². The van der Waals surface area contributed by atoms with Crippen LogP contribution in [0.4, 0.5) is 10.1 Å². The summed E-state index contributed by atoms with van der Waals surface area (Å²) in [4.78, 5) is 12.9. The van der Waals surface area contributed by atoms with Crippen LogP contribution in [-0.2, 0) is 21.2 Å². The molecular formula is C23H21FN2O5S. The quantitative estimate of drug-likeness (QED) is 0.570. The van der Waals surface area contributed by atoms with Crippen molar-refractivity contribution >= 4 is 21.6 Å². The molecule has 1 atom stereocenters. The zero-order valence-corrected chi connectivity index (χ0v) is 17.8. The van der Waals surface area contributed by atoms with Crippen LogP contribution in [0.3, 0.4) is 0 Å². The molecule has 0 aliphatic carbocycles. The van der Waals surface area contributed by atoms with E-state index in [1.54, 1.807) is 42.5 Å². The number of carbonyl (C=O) groups is 1. The Labute approximate surface area is 185 Å². The van der Waals surface area contributed by atoms with E-state index in [4.69, 9.17) is 9.47 Å². The Morgan fingerprint density at radius 2 is 1.62 bits per heavy atom. The Bertz CT molecular complexity index is 1200. The van der Waals surface area contributed by atoms with Crippen LogP contribution in [0.15, 0.2) is 77.7 Å². The normalized spacial score (nSPS) is 13.9. The minimum atomic E-state index is -4.07. The molecule has 166 valence electrons. The maximum atomic E-state index is 13.2. The van der Waals surface area contributed by atoms with E-state index in [0.717, 1.165) is 29.8 Å². The highest BCUT2D eigenvalue weighted by Crippen LogP contribution is 2.32. The molecule has 0 unspecified atom stereocenters. The van der Waals surface area contributed by atoms with Gasteiger partial charge in [0.05, 0.1) is 4.90 Å². The molecule has 9 heteroatoms. The average Bonchev–Trinajstić information content (AvgIpc) is 2.79. The molecule has 0 aromatic heterocycles. The van der Waals surface area contributed by atoms with E-state index in [1.165, 1.54) is 0 Å². The molecule has 0 bridgehead atoms. The highest BCUT2D eigenvalue weighted by Gasteiger charge is 2.27. The number of sulfonamides is 1. The van der Waals surface area contributed by atoms with Gasteiger partial charge in [-0.05, 0) is 48.4 Å². The Kier molecular flexibility index (Phi) is 6.38. The van der Waals surface area contributed by atoms with Gasteiger partial charge in [-0.15, -0.1) is 0 Å². The first-order chi connectivity index (χ1) is 15.4. The lowest BCUT2D eigenvalue weighted by Gasteiger charge is -2.21. The van der Waals surface area contributed by atoms with E-state index < -0.39 is 27.8 Å². The van der Waals surface area contributed by atoms with Crippen molar-refractivity contribution in [3.63, 3.8) is 0 Å². The highest BCUT2D eigenvalue weighted by atomic mass is 32.2. The summed E-state index contributed by atoms with van der Waals surface area (Å²) >= 11 is 0. The van der Waals surface area contributed by atoms with Crippen LogP contribution in [0, 0.1) is 5.82 Å². The monoisotopic (exact) mass is 456 g/mol. The van der Waals surface area contributed by atoms with Gasteiger partial charge in [0.2, 0.25) is 15.9 Å². The summed E-state index contributed by atoms with van der Waals surface area (Å²) in [6.07, 6.45) is 0.123. The number of amides is 1. The summed E-state index contributed by atoms with van der Waals surface area (Å²) in [5.41, 5.74) is 1.22. The molecule has 1 amide bonds. The second-order valence-corrected chi connectivity index (χ2v) is 8.88. The van der Waals surface area contributed by atoms with Crippen LogP contribution in [0.1, 0.15) is 5.56 Å². The maximum Gasteiger partial charge on any atom is 0.242 e. The zero-order chi connectivity index (χ0) is 22.6. The van der Waals surface area contributed by atoms with Crippen LogP contribution >= 0.6 is 0 Å². The van der Waals surface area contributed by atoms with E-state index in [0.29, 0.717) is 30.4 Å². The number of hydrogen-bond acceptors (Lipinski definition) is 5. The molecule has 0 radical (unpaired) electrons. The van der Waals surface area contributed by atoms with Gasteiger partial charge >= 0.3 is 0 Å². The molecule has 4 rings (SSSR count). The lowest BCUT2D eigenvalue weighted by Crippen LogP contribution is -2.45. The lowest BCUT2D eigenvalue weighted by atomic mass is 10.1. The average molecular weight is 456 g/mol. The Hall–Kier alpha value is -3.43. The topological polar surface area (TPSA) is 93.7 Å². The summed E-state index contributed by atoms with van der Waals surface area (Å²) in [5.74, 6) is -0.0231. The molecule has 2 N–H and O–H groups in total. The van der Waals surface area contributed by atoms with Crippen molar-refractivity contribution in [2.45, 2.75) is 17.4 Å². The number of rotatable bonds is 7. The Balaban J connectivity index is 1.57. The number of halogens is 1. The first-order valence-electron chi connectivity index (χ1n) is 9.93. The minimum Gasteiger partial charge on any atom is -0.486 e. The number of ether oxygens (including phenoxy) is 2. The Morgan fingerprint density at radius 1 is 0.938 bits per heavy atom. The first kappa shape index (κ1) is 21.8. The van der Waals surface area contributed by atoms with Crippen molar-refractivity contribution in [1.29, 1.82) is 0 Å². The van der Waals surface area contributed by atoms with Crippen LogP contribution in [0.5, 0.6) is 11.5 Å². The molecule has 3 aromatic carbocycles. The summed E-state index contributed by atoms with van der Waals surface area (Å²) in [5, 5.41) is 2.73. The zero-order valence-electron chi connectivity index (χ0n) is 17.0. The van der Waals surface area contributed by atoms with Gasteiger partial charge in [0, 0.05) is 11.8 Å². The van der Waals surface area contributed by atoms with Gasteiger partial charge in [-0.1, -0.05) is 30.3 Å². The third-order valence-electron chi connectivity index (χ3n) is 4.83. The van der Waals surface area contributed by atoms with Crippen LogP contribution in [-0.4, -0.2) is 33.6 Å². The Morgan fingerprint density at radius 3 is 2.34 bits per heavy atom. The van der Waals surface area contributed by atoms with Crippen molar-refractivity contribution < 1.29 is 27.1 Å². The lowest BCUT2D eigenvalue weighted by molar-refractivity contribution is -0.117. The number of benzene rings is 3. The molecule has 7 nitrogen and oxygen atoms in total. The van der Waals surface area contributed by atoms with Gasteiger partial charge in [-0.3, -0.25) is 4.79 Å². The fourth-order valence-electron chi connectivity index (χ4n) is 3.26. The second-order valence-electron chi connectivity index (χ2n) is 7.17. The molecule has 32 heavy (non-hydrogen) atoms. The number of fused-ring (bicyclic) bond motifs is 1. The number of nitrogens with one attached hydrogen (secondary N) is 2. The standard InChI is InChI=1S/C23H21FN2O5S/c24-17-6-9-19(10-7-17)32(28,29)26-20(14-16-4-2-1-3-5-16)23(27)25-18-8-11-21-22(15-18)31-13-12-30-21/h1-11,15,20,26H,12-14H2,(H,25,27)/t20-/m1/s1. The van der Waals surface area contributed by atoms with Crippen molar-refractivity contribution in [2.75, 3.05) is 18.5 Å². The molecule has 1 heterocycles. The van der Waals surface area contributed by atoms with Crippen LogP contribution < -0.4 is 19.5 Å². The number of hydrogen-bond donors (Lipinski definition) is 2. The van der Waals surface area contributed by atoms with Crippen molar-refractivity contribution in [1.82, 2.24) is 4.72 Å². The predicted molar refractivity (Wildman–Crippen MR) is 117 cm³/mol. The smallest absolute Gasteiger partial charge is 0.242 e. The van der Waals surface area contributed by atoms with E-state index in [9.17, 15) is 17.6 Å². The fraction of sp³-hybridized carbons (Fsp3) is 0.174. The second kappa shape index (κ2) is 9.37. The predicted octanol–water partition coefficient (Wildman–Crippen LogP) is 3.13. The first-order valence-corrected chi connectivity index (χ1v) is 11.4. The molecule has 1 aliphatic rings. The maximum absolute atomic E-state index is 13.2. The number of carbonyl (C=O) groups excluding carboxylic acids is 1. The minimum absolute atomic E-state index is 0.123. The van der Waals surface area contributed by atoms with Crippen molar-refractivity contribution in [3.05, 3.63) is 84.2 Å². The molecule has 0 saturated carbocycles. The molecule has 1 aliphatic heterocycles. The van der Waals surface area contributed by atoms with E-state index >= 15 is 0 Å². The van der Waals surface area contributed by atoms with Crippen LogP contribution in [0.25, 0.3) is 0 Å². The van der Waals surface area contributed by atoms with E-state index in [-0.39, 0.29) is 11.3 Å². The summed E-state index contributed by atoms with van der Waals surface area (Å²) in [7, 11) is -4.07. The SMILES string of the molecule is O=C(Nc1ccc2c(c1)OCCO2)[C@@H](Cc1ccccc1)NS(=O)(=O)c1ccc(F)cc1. The van der Waals surface area contributed by atoms with Gasteiger partial charge in [0.25, 0.3) is 0 Å². The van der Waals surface area contributed by atoms with Gasteiger partial charge < -0.3 is 14.8 Å². The largest absolute Gasteiger partial charge is 0.486 e. The third-order valence-corrected chi connectivity index (χ3v) is 6.32. The van der Waals surface area contributed by atoms with Gasteiger partial charge in [0.1, 0.15) is 25.1 Å². The number of anilines is 1. The highest BCUT2D eigenvalue weighted by molar-refractivity contribution is 7.89.